The summed E-state index contributed by atoms with van der Waals surface area (Å²) in [5.41, 5.74) is 1.36. The van der Waals surface area contributed by atoms with Crippen molar-refractivity contribution < 1.29 is 14.3 Å². The number of aromatic amines is 1. The third-order valence-electron chi connectivity index (χ3n) is 4.36. The Bertz CT molecular complexity index is 1090. The molecule has 0 spiro atoms. The van der Waals surface area contributed by atoms with Crippen LogP contribution in [0.25, 0.3) is 10.2 Å². The van der Waals surface area contributed by atoms with Crippen molar-refractivity contribution in [1.29, 1.82) is 0 Å². The minimum Gasteiger partial charge on any atom is -0.458 e. The Labute approximate surface area is 164 Å². The summed E-state index contributed by atoms with van der Waals surface area (Å²) in [6, 6.07) is 1.85. The van der Waals surface area contributed by atoms with Crippen molar-refractivity contribution in [3.8, 4) is 0 Å². The van der Waals surface area contributed by atoms with Crippen LogP contribution in [0.2, 0.25) is 0 Å². The lowest BCUT2D eigenvalue weighted by molar-refractivity contribution is -0.145. The maximum absolute atomic E-state index is 12.2. The Hall–Kier alpha value is -2.32. The number of rotatable bonds is 6. The number of hydrogen-bond donors (Lipinski definition) is 1. The Balaban J connectivity index is 1.59. The maximum Gasteiger partial charge on any atom is 0.306 e. The van der Waals surface area contributed by atoms with E-state index in [9.17, 15) is 14.4 Å². The molecule has 0 aliphatic heterocycles. The molecule has 3 aromatic rings. The van der Waals surface area contributed by atoms with E-state index in [1.807, 2.05) is 33.8 Å². The molecular formula is C19H20N2O4S2. The van der Waals surface area contributed by atoms with Gasteiger partial charge in [0, 0.05) is 26.6 Å². The first-order chi connectivity index (χ1) is 12.8. The second-order valence-electron chi connectivity index (χ2n) is 6.39. The van der Waals surface area contributed by atoms with E-state index in [2.05, 4.69) is 9.97 Å². The summed E-state index contributed by atoms with van der Waals surface area (Å²) in [7, 11) is 0. The second kappa shape index (κ2) is 7.74. The first kappa shape index (κ1) is 19.4. The fraction of sp³-hybridized carbons (Fsp3) is 0.368. The van der Waals surface area contributed by atoms with Crippen LogP contribution >= 0.6 is 22.7 Å². The minimum atomic E-state index is -0.491. The van der Waals surface area contributed by atoms with E-state index in [-0.39, 0.29) is 30.8 Å². The third kappa shape index (κ3) is 4.17. The lowest BCUT2D eigenvalue weighted by atomic mass is 10.1. The van der Waals surface area contributed by atoms with Crippen molar-refractivity contribution in [2.75, 3.05) is 0 Å². The number of Topliss-reactive ketones (excluding diaryl/α,β-unsaturated/α-hetero) is 1. The zero-order valence-electron chi connectivity index (χ0n) is 15.6. The first-order valence-corrected chi connectivity index (χ1v) is 10.1. The molecule has 0 aliphatic carbocycles. The number of nitrogens with zero attached hydrogens (tertiary/aromatic N) is 1. The molecule has 0 atom stereocenters. The van der Waals surface area contributed by atoms with Crippen molar-refractivity contribution in [1.82, 2.24) is 9.97 Å². The highest BCUT2D eigenvalue weighted by atomic mass is 32.1. The van der Waals surface area contributed by atoms with E-state index in [4.69, 9.17) is 4.74 Å². The number of ketones is 1. The van der Waals surface area contributed by atoms with Crippen LogP contribution in [0.5, 0.6) is 0 Å². The largest absolute Gasteiger partial charge is 0.458 e. The zero-order valence-corrected chi connectivity index (χ0v) is 17.2. The summed E-state index contributed by atoms with van der Waals surface area (Å²) in [5, 5.41) is 0.583. The van der Waals surface area contributed by atoms with Gasteiger partial charge in [0.05, 0.1) is 11.8 Å². The van der Waals surface area contributed by atoms with Gasteiger partial charge in [-0.05, 0) is 39.3 Å². The van der Waals surface area contributed by atoms with Gasteiger partial charge in [-0.3, -0.25) is 14.4 Å². The molecule has 1 N–H and O–H groups in total. The molecule has 0 saturated carbocycles. The summed E-state index contributed by atoms with van der Waals surface area (Å²) < 4.78 is 5.17. The van der Waals surface area contributed by atoms with Crippen molar-refractivity contribution in [3.63, 3.8) is 0 Å². The van der Waals surface area contributed by atoms with Gasteiger partial charge in [-0.1, -0.05) is 0 Å². The monoisotopic (exact) mass is 404 g/mol. The van der Waals surface area contributed by atoms with E-state index in [0.717, 1.165) is 20.2 Å². The van der Waals surface area contributed by atoms with Crippen LogP contribution < -0.4 is 5.56 Å². The van der Waals surface area contributed by atoms with E-state index in [1.165, 1.54) is 11.3 Å². The van der Waals surface area contributed by atoms with Gasteiger partial charge >= 0.3 is 5.97 Å². The highest BCUT2D eigenvalue weighted by Crippen LogP contribution is 2.26. The number of H-pyrrole nitrogens is 1. The number of thiophene rings is 2. The molecule has 0 saturated heterocycles. The molecule has 0 aromatic carbocycles. The average molecular weight is 405 g/mol. The lowest BCUT2D eigenvalue weighted by Crippen LogP contribution is -2.14. The van der Waals surface area contributed by atoms with Crippen molar-refractivity contribution in [2.45, 2.75) is 47.1 Å². The molecule has 0 fully saturated rings. The van der Waals surface area contributed by atoms with E-state index >= 15 is 0 Å². The molecule has 142 valence electrons. The number of aromatic nitrogens is 2. The quantitative estimate of drug-likeness (QED) is 0.496. The van der Waals surface area contributed by atoms with Crippen molar-refractivity contribution >= 4 is 44.6 Å². The zero-order chi connectivity index (χ0) is 19.7. The molecule has 6 nitrogen and oxygen atoms in total. The normalized spacial score (nSPS) is 11.1. The van der Waals surface area contributed by atoms with Crippen LogP contribution in [-0.2, 0) is 16.1 Å². The highest BCUT2D eigenvalue weighted by molar-refractivity contribution is 7.18. The van der Waals surface area contributed by atoms with Crippen LogP contribution in [0.15, 0.2) is 10.9 Å². The van der Waals surface area contributed by atoms with Crippen molar-refractivity contribution in [3.05, 3.63) is 48.0 Å². The van der Waals surface area contributed by atoms with E-state index in [0.29, 0.717) is 21.6 Å². The highest BCUT2D eigenvalue weighted by Gasteiger charge is 2.16. The molecule has 8 heteroatoms. The standard InChI is InChI=1S/C19H20N2O4S2/c1-9-7-13(12(4)26-9)14(22)5-6-16(23)25-8-15-20-18(24)17-10(2)11(3)27-19(17)21-15/h7H,5-6,8H2,1-4H3,(H,20,21,24). The van der Waals surface area contributed by atoms with Crippen LogP contribution in [-0.4, -0.2) is 21.7 Å². The molecule has 0 amide bonds. The van der Waals surface area contributed by atoms with Gasteiger partial charge in [-0.25, -0.2) is 4.98 Å². The third-order valence-corrected chi connectivity index (χ3v) is 6.42. The fourth-order valence-corrected chi connectivity index (χ4v) is 4.84. The molecule has 3 aromatic heterocycles. The first-order valence-electron chi connectivity index (χ1n) is 8.51. The Morgan fingerprint density at radius 2 is 1.85 bits per heavy atom. The van der Waals surface area contributed by atoms with Gasteiger partial charge in [-0.2, -0.15) is 0 Å². The molecule has 0 unspecified atom stereocenters. The van der Waals surface area contributed by atoms with Crippen LogP contribution in [0.4, 0.5) is 0 Å². The van der Waals surface area contributed by atoms with Gasteiger partial charge < -0.3 is 9.72 Å². The molecule has 27 heavy (non-hydrogen) atoms. The van der Waals surface area contributed by atoms with Crippen LogP contribution in [0, 0.1) is 27.7 Å². The Morgan fingerprint density at radius 3 is 2.52 bits per heavy atom. The number of nitrogens with one attached hydrogen (secondary N) is 1. The molecular weight excluding hydrogens is 384 g/mol. The number of carbonyl (C=O) groups is 2. The summed E-state index contributed by atoms with van der Waals surface area (Å²) in [6.45, 7) is 7.55. The maximum atomic E-state index is 12.2. The predicted molar refractivity (Wildman–Crippen MR) is 107 cm³/mol. The molecule has 3 rings (SSSR count). The number of carbonyl (C=O) groups excluding carboxylic acids is 2. The summed E-state index contributed by atoms with van der Waals surface area (Å²) in [5.74, 6) is -0.252. The van der Waals surface area contributed by atoms with Gasteiger partial charge in [0.25, 0.3) is 5.56 Å². The SMILES string of the molecule is Cc1cc(C(=O)CCC(=O)OCc2nc3sc(C)c(C)c3c(=O)[nH]2)c(C)s1. The topological polar surface area (TPSA) is 89.1 Å². The molecule has 0 bridgehead atoms. The van der Waals surface area contributed by atoms with E-state index < -0.39 is 5.97 Å². The summed E-state index contributed by atoms with van der Waals surface area (Å²) in [6.07, 6.45) is 0.0962. The average Bonchev–Trinajstić information content (AvgIpc) is 3.09. The van der Waals surface area contributed by atoms with Gasteiger partial charge in [-0.15, -0.1) is 22.7 Å². The fourth-order valence-electron chi connectivity index (χ4n) is 2.85. The smallest absolute Gasteiger partial charge is 0.306 e. The van der Waals surface area contributed by atoms with Gasteiger partial charge in [0.2, 0.25) is 0 Å². The van der Waals surface area contributed by atoms with Crippen LogP contribution in [0.1, 0.15) is 49.2 Å². The van der Waals surface area contributed by atoms with E-state index in [1.54, 1.807) is 11.3 Å². The predicted octanol–water partition coefficient (Wildman–Crippen LogP) is 3.99. The molecule has 0 radical (unpaired) electrons. The Kier molecular flexibility index (Phi) is 5.57. The Morgan fingerprint density at radius 1 is 1.11 bits per heavy atom. The molecule has 0 aliphatic rings. The van der Waals surface area contributed by atoms with Gasteiger partial charge in [0.1, 0.15) is 17.3 Å². The van der Waals surface area contributed by atoms with Gasteiger partial charge in [0.15, 0.2) is 5.78 Å². The second-order valence-corrected chi connectivity index (χ2v) is 9.05. The number of fused-ring (bicyclic) bond motifs is 1. The lowest BCUT2D eigenvalue weighted by Gasteiger charge is -2.04. The van der Waals surface area contributed by atoms with Crippen LogP contribution in [0.3, 0.4) is 0 Å². The number of hydrogen-bond acceptors (Lipinski definition) is 7. The summed E-state index contributed by atoms with van der Waals surface area (Å²) in [4.78, 5) is 47.1. The number of aryl methyl sites for hydroxylation is 4. The number of esters is 1. The van der Waals surface area contributed by atoms with Crippen molar-refractivity contribution in [2.24, 2.45) is 0 Å². The minimum absolute atomic E-state index is 0.00311. The molecule has 3 heterocycles. The summed E-state index contributed by atoms with van der Waals surface area (Å²) >= 11 is 3.01. The number of ether oxygens (including phenoxy) is 1.